The standard InChI is InChI=1S/C13H10BrNO3/c1-8-2-3-10(14)7-11(8)18-12-6-9(13(16)17)4-5-15-12/h2-7H,1H3,(H,16,17). The highest BCUT2D eigenvalue weighted by atomic mass is 79.9. The monoisotopic (exact) mass is 307 g/mol. The summed E-state index contributed by atoms with van der Waals surface area (Å²) in [6.07, 6.45) is 1.41. The minimum atomic E-state index is -1.01. The minimum Gasteiger partial charge on any atom is -0.478 e. The van der Waals surface area contributed by atoms with E-state index in [0.29, 0.717) is 5.75 Å². The smallest absolute Gasteiger partial charge is 0.335 e. The van der Waals surface area contributed by atoms with E-state index in [9.17, 15) is 4.79 Å². The van der Waals surface area contributed by atoms with Crippen molar-refractivity contribution < 1.29 is 14.6 Å². The maximum absolute atomic E-state index is 10.8. The Balaban J connectivity index is 2.31. The maximum atomic E-state index is 10.8. The summed E-state index contributed by atoms with van der Waals surface area (Å²) in [7, 11) is 0. The Morgan fingerprint density at radius 1 is 1.33 bits per heavy atom. The fourth-order valence-electron chi connectivity index (χ4n) is 1.39. The molecule has 0 aliphatic carbocycles. The zero-order valence-corrected chi connectivity index (χ0v) is 11.1. The fourth-order valence-corrected chi connectivity index (χ4v) is 1.73. The van der Waals surface area contributed by atoms with Gasteiger partial charge in [0.15, 0.2) is 0 Å². The van der Waals surface area contributed by atoms with Crippen LogP contribution in [0.3, 0.4) is 0 Å². The van der Waals surface area contributed by atoms with Crippen LogP contribution in [0.1, 0.15) is 15.9 Å². The number of benzene rings is 1. The van der Waals surface area contributed by atoms with E-state index >= 15 is 0 Å². The van der Waals surface area contributed by atoms with Crippen molar-refractivity contribution in [2.75, 3.05) is 0 Å². The Kier molecular flexibility index (Phi) is 3.62. The van der Waals surface area contributed by atoms with Gasteiger partial charge in [0.05, 0.1) is 5.56 Å². The third-order valence-corrected chi connectivity index (χ3v) is 2.84. The molecule has 5 heteroatoms. The largest absolute Gasteiger partial charge is 0.478 e. The molecule has 2 aromatic rings. The van der Waals surface area contributed by atoms with Gasteiger partial charge in [-0.1, -0.05) is 22.0 Å². The lowest BCUT2D eigenvalue weighted by Gasteiger charge is -2.08. The third kappa shape index (κ3) is 2.87. The van der Waals surface area contributed by atoms with Crippen molar-refractivity contribution in [2.45, 2.75) is 6.92 Å². The molecule has 1 heterocycles. The lowest BCUT2D eigenvalue weighted by atomic mass is 10.2. The molecule has 0 spiro atoms. The summed E-state index contributed by atoms with van der Waals surface area (Å²) in [5, 5.41) is 8.88. The summed E-state index contributed by atoms with van der Waals surface area (Å²) in [5.74, 6) is -0.108. The van der Waals surface area contributed by atoms with Crippen LogP contribution in [0.2, 0.25) is 0 Å². The second-order valence-corrected chi connectivity index (χ2v) is 4.62. The number of aryl methyl sites for hydroxylation is 1. The normalized spacial score (nSPS) is 10.1. The molecule has 0 atom stereocenters. The first-order valence-electron chi connectivity index (χ1n) is 5.19. The molecule has 0 saturated heterocycles. The van der Waals surface area contributed by atoms with E-state index in [2.05, 4.69) is 20.9 Å². The van der Waals surface area contributed by atoms with Crippen LogP contribution in [-0.2, 0) is 0 Å². The van der Waals surface area contributed by atoms with E-state index in [1.54, 1.807) is 0 Å². The molecule has 4 nitrogen and oxygen atoms in total. The van der Waals surface area contributed by atoms with Crippen LogP contribution in [0.5, 0.6) is 11.6 Å². The molecule has 0 unspecified atom stereocenters. The number of pyridine rings is 1. The predicted molar refractivity (Wildman–Crippen MR) is 70.1 cm³/mol. The average Bonchev–Trinajstić information content (AvgIpc) is 2.34. The molecule has 0 amide bonds. The molecular formula is C13H10BrNO3. The molecule has 0 fully saturated rings. The summed E-state index contributed by atoms with van der Waals surface area (Å²) in [6, 6.07) is 8.43. The van der Waals surface area contributed by atoms with Gasteiger partial charge >= 0.3 is 5.97 Å². The van der Waals surface area contributed by atoms with Crippen molar-refractivity contribution in [2.24, 2.45) is 0 Å². The first-order valence-corrected chi connectivity index (χ1v) is 5.99. The Hall–Kier alpha value is -1.88. The zero-order valence-electron chi connectivity index (χ0n) is 9.55. The van der Waals surface area contributed by atoms with Gasteiger partial charge in [-0.25, -0.2) is 9.78 Å². The van der Waals surface area contributed by atoms with Gasteiger partial charge in [-0.3, -0.25) is 0 Å². The van der Waals surface area contributed by atoms with E-state index in [1.807, 2.05) is 25.1 Å². The van der Waals surface area contributed by atoms with Crippen LogP contribution in [0.15, 0.2) is 41.0 Å². The molecule has 1 aromatic carbocycles. The van der Waals surface area contributed by atoms with E-state index < -0.39 is 5.97 Å². The van der Waals surface area contributed by atoms with Gasteiger partial charge in [0.25, 0.3) is 0 Å². The second-order valence-electron chi connectivity index (χ2n) is 3.70. The van der Waals surface area contributed by atoms with Gasteiger partial charge < -0.3 is 9.84 Å². The summed E-state index contributed by atoms with van der Waals surface area (Å²) < 4.78 is 6.46. The number of halogens is 1. The number of rotatable bonds is 3. The molecule has 0 saturated carbocycles. The summed E-state index contributed by atoms with van der Waals surface area (Å²) >= 11 is 3.35. The minimum absolute atomic E-state index is 0.146. The van der Waals surface area contributed by atoms with Gasteiger partial charge in [-0.15, -0.1) is 0 Å². The van der Waals surface area contributed by atoms with Crippen molar-refractivity contribution in [3.05, 3.63) is 52.1 Å². The first-order chi connectivity index (χ1) is 8.56. The lowest BCUT2D eigenvalue weighted by molar-refractivity contribution is 0.0696. The molecule has 0 bridgehead atoms. The Bertz CT molecular complexity index is 599. The number of ether oxygens (including phenoxy) is 1. The zero-order chi connectivity index (χ0) is 13.1. The van der Waals surface area contributed by atoms with Gasteiger partial charge in [0.2, 0.25) is 5.88 Å². The Morgan fingerprint density at radius 2 is 2.11 bits per heavy atom. The van der Waals surface area contributed by atoms with E-state index in [-0.39, 0.29) is 11.4 Å². The first kappa shape index (κ1) is 12.6. The number of aromatic carboxylic acids is 1. The molecule has 0 aliphatic heterocycles. The van der Waals surface area contributed by atoms with Crippen LogP contribution in [0.25, 0.3) is 0 Å². The molecule has 0 radical (unpaired) electrons. The van der Waals surface area contributed by atoms with E-state index in [4.69, 9.17) is 9.84 Å². The molecular weight excluding hydrogens is 298 g/mol. The van der Waals surface area contributed by atoms with Gasteiger partial charge in [-0.05, 0) is 30.7 Å². The Morgan fingerprint density at radius 3 is 2.83 bits per heavy atom. The number of carbonyl (C=O) groups is 1. The summed E-state index contributed by atoms with van der Waals surface area (Å²) in [6.45, 7) is 1.91. The van der Waals surface area contributed by atoms with Crippen LogP contribution >= 0.6 is 15.9 Å². The van der Waals surface area contributed by atoms with Crippen molar-refractivity contribution >= 4 is 21.9 Å². The van der Waals surface area contributed by atoms with Crippen molar-refractivity contribution in [1.29, 1.82) is 0 Å². The number of hydrogen-bond donors (Lipinski definition) is 1. The highest BCUT2D eigenvalue weighted by molar-refractivity contribution is 9.10. The number of carboxylic acid groups (broad SMARTS) is 1. The summed E-state index contributed by atoms with van der Waals surface area (Å²) in [4.78, 5) is 14.8. The number of nitrogens with zero attached hydrogens (tertiary/aromatic N) is 1. The lowest BCUT2D eigenvalue weighted by Crippen LogP contribution is -1.98. The quantitative estimate of drug-likeness (QED) is 0.940. The van der Waals surface area contributed by atoms with Crippen molar-refractivity contribution in [3.63, 3.8) is 0 Å². The highest BCUT2D eigenvalue weighted by Crippen LogP contribution is 2.27. The number of carboxylic acids is 1. The van der Waals surface area contributed by atoms with E-state index in [0.717, 1.165) is 10.0 Å². The molecule has 1 N–H and O–H groups in total. The maximum Gasteiger partial charge on any atom is 0.335 e. The number of aromatic nitrogens is 1. The van der Waals surface area contributed by atoms with Crippen molar-refractivity contribution in [1.82, 2.24) is 4.98 Å². The topological polar surface area (TPSA) is 59.4 Å². The molecule has 2 rings (SSSR count). The second kappa shape index (κ2) is 5.18. The summed E-state index contributed by atoms with van der Waals surface area (Å²) in [5.41, 5.74) is 1.09. The van der Waals surface area contributed by atoms with E-state index in [1.165, 1.54) is 18.3 Å². The third-order valence-electron chi connectivity index (χ3n) is 2.35. The molecule has 18 heavy (non-hydrogen) atoms. The highest BCUT2D eigenvalue weighted by Gasteiger charge is 2.07. The van der Waals surface area contributed by atoms with Crippen LogP contribution in [0, 0.1) is 6.92 Å². The van der Waals surface area contributed by atoms with Crippen molar-refractivity contribution in [3.8, 4) is 11.6 Å². The fraction of sp³-hybridized carbons (Fsp3) is 0.0769. The van der Waals surface area contributed by atoms with Gasteiger partial charge in [0.1, 0.15) is 5.75 Å². The molecule has 92 valence electrons. The molecule has 0 aliphatic rings. The van der Waals surface area contributed by atoms with Crippen LogP contribution in [0.4, 0.5) is 0 Å². The Labute approximate surface area is 112 Å². The average molecular weight is 308 g/mol. The number of hydrogen-bond acceptors (Lipinski definition) is 3. The SMILES string of the molecule is Cc1ccc(Br)cc1Oc1cc(C(=O)O)ccn1. The molecule has 1 aromatic heterocycles. The van der Waals surface area contributed by atoms with Gasteiger partial charge in [0, 0.05) is 16.7 Å². The predicted octanol–water partition coefficient (Wildman–Crippen LogP) is 3.64. The van der Waals surface area contributed by atoms with Crippen LogP contribution < -0.4 is 4.74 Å². The van der Waals surface area contributed by atoms with Crippen LogP contribution in [-0.4, -0.2) is 16.1 Å². The van der Waals surface area contributed by atoms with Gasteiger partial charge in [-0.2, -0.15) is 0 Å².